The van der Waals surface area contributed by atoms with Gasteiger partial charge < -0.3 is 14.8 Å². The van der Waals surface area contributed by atoms with Crippen LogP contribution in [-0.4, -0.2) is 24.7 Å². The van der Waals surface area contributed by atoms with E-state index in [0.29, 0.717) is 18.1 Å². The van der Waals surface area contributed by atoms with Crippen molar-refractivity contribution in [2.45, 2.75) is 13.8 Å². The topological polar surface area (TPSA) is 90.7 Å². The number of nitrogens with zero attached hydrogens (tertiary/aromatic N) is 1. The lowest BCUT2D eigenvalue weighted by atomic mass is 9.87. The number of fused-ring (bicyclic) bond motifs is 1. The van der Waals surface area contributed by atoms with Crippen LogP contribution in [0.2, 0.25) is 0 Å². The van der Waals surface area contributed by atoms with Gasteiger partial charge in [0, 0.05) is 36.4 Å². The van der Waals surface area contributed by atoms with Gasteiger partial charge in [0.05, 0.1) is 4.92 Å². The normalized spacial score (nSPS) is 12.6. The summed E-state index contributed by atoms with van der Waals surface area (Å²) in [5.74, 6) is 0.938. The summed E-state index contributed by atoms with van der Waals surface area (Å²) in [6.07, 6.45) is -0.567. The smallest absolute Gasteiger partial charge is 0.412 e. The first-order valence-electron chi connectivity index (χ1n) is 10.1. The number of rotatable bonds is 4. The predicted octanol–water partition coefficient (Wildman–Crippen LogP) is 5.28. The Hall–Kier alpha value is -4.13. The Morgan fingerprint density at radius 2 is 1.72 bits per heavy atom. The molecule has 1 amide bonds. The molecule has 0 saturated carbocycles. The van der Waals surface area contributed by atoms with Crippen LogP contribution in [0.1, 0.15) is 27.8 Å². The Bertz CT molecular complexity index is 1250. The van der Waals surface area contributed by atoms with Crippen LogP contribution in [0.5, 0.6) is 11.5 Å². The van der Waals surface area contributed by atoms with Gasteiger partial charge in [0.2, 0.25) is 0 Å². The van der Waals surface area contributed by atoms with E-state index in [4.69, 9.17) is 9.47 Å². The van der Waals surface area contributed by atoms with Gasteiger partial charge in [-0.3, -0.25) is 10.1 Å². The Morgan fingerprint density at radius 3 is 2.38 bits per heavy atom. The van der Waals surface area contributed by atoms with Crippen LogP contribution >= 0.6 is 0 Å². The summed E-state index contributed by atoms with van der Waals surface area (Å²) in [5.41, 5.74) is 6.99. The van der Waals surface area contributed by atoms with Gasteiger partial charge in [-0.1, -0.05) is 18.2 Å². The van der Waals surface area contributed by atoms with Crippen LogP contribution in [0, 0.1) is 24.0 Å². The molecule has 0 radical (unpaired) electrons. The van der Waals surface area contributed by atoms with Gasteiger partial charge in [-0.05, 0) is 65.9 Å². The zero-order chi connectivity index (χ0) is 22.8. The molecule has 0 aromatic heterocycles. The fraction of sp³-hybridized carbons (Fsp3) is 0.160. The SMILES string of the molecule is CNC(=O)Oc1ccc2c(c1)OCC(c1ccc(C)c(C)c1)=C2c1ccc([N+](=O)[O-])cc1. The number of ether oxygens (including phenoxy) is 2. The first-order chi connectivity index (χ1) is 15.4. The number of benzene rings is 3. The molecule has 0 atom stereocenters. The second kappa shape index (κ2) is 8.55. The van der Waals surface area contributed by atoms with E-state index in [-0.39, 0.29) is 5.69 Å². The largest absolute Gasteiger partial charge is 0.488 e. The third kappa shape index (κ3) is 4.05. The monoisotopic (exact) mass is 430 g/mol. The van der Waals surface area contributed by atoms with Crippen molar-refractivity contribution in [1.82, 2.24) is 5.32 Å². The molecule has 0 bridgehead atoms. The average molecular weight is 430 g/mol. The number of nitro benzene ring substituents is 1. The lowest BCUT2D eigenvalue weighted by Crippen LogP contribution is -2.22. The molecule has 0 fully saturated rings. The minimum atomic E-state index is -0.567. The summed E-state index contributed by atoms with van der Waals surface area (Å²) >= 11 is 0. The maximum Gasteiger partial charge on any atom is 0.412 e. The van der Waals surface area contributed by atoms with Crippen LogP contribution in [0.25, 0.3) is 11.1 Å². The van der Waals surface area contributed by atoms with E-state index in [9.17, 15) is 14.9 Å². The minimum Gasteiger partial charge on any atom is -0.488 e. The molecule has 162 valence electrons. The van der Waals surface area contributed by atoms with Crippen molar-refractivity contribution in [1.29, 1.82) is 0 Å². The maximum absolute atomic E-state index is 11.6. The number of hydrogen-bond acceptors (Lipinski definition) is 5. The number of aryl methyl sites for hydroxylation is 2. The van der Waals surface area contributed by atoms with Gasteiger partial charge in [0.25, 0.3) is 5.69 Å². The van der Waals surface area contributed by atoms with Gasteiger partial charge in [-0.2, -0.15) is 0 Å². The third-order valence-electron chi connectivity index (χ3n) is 5.53. The Morgan fingerprint density at radius 1 is 1.00 bits per heavy atom. The summed E-state index contributed by atoms with van der Waals surface area (Å²) < 4.78 is 11.3. The van der Waals surface area contributed by atoms with E-state index < -0.39 is 11.0 Å². The van der Waals surface area contributed by atoms with Crippen molar-refractivity contribution in [2.75, 3.05) is 13.7 Å². The van der Waals surface area contributed by atoms with Crippen molar-refractivity contribution in [2.24, 2.45) is 0 Å². The third-order valence-corrected chi connectivity index (χ3v) is 5.53. The molecule has 0 aliphatic carbocycles. The molecular formula is C25H22N2O5. The lowest BCUT2D eigenvalue weighted by Gasteiger charge is -2.25. The molecule has 7 heteroatoms. The van der Waals surface area contributed by atoms with E-state index >= 15 is 0 Å². The number of hydrogen-bond donors (Lipinski definition) is 1. The van der Waals surface area contributed by atoms with Crippen LogP contribution in [0.4, 0.5) is 10.5 Å². The Balaban J connectivity index is 1.88. The van der Waals surface area contributed by atoms with Gasteiger partial charge >= 0.3 is 6.09 Å². The molecule has 7 nitrogen and oxygen atoms in total. The molecule has 0 spiro atoms. The number of carbonyl (C=O) groups excluding carboxylic acids is 1. The molecule has 1 N–H and O–H groups in total. The molecule has 4 rings (SSSR count). The molecule has 3 aromatic rings. The molecule has 1 aliphatic heterocycles. The van der Waals surface area contributed by atoms with E-state index in [1.54, 1.807) is 24.3 Å². The Kier molecular flexibility index (Phi) is 5.64. The highest BCUT2D eigenvalue weighted by molar-refractivity contribution is 6.02. The van der Waals surface area contributed by atoms with Crippen molar-refractivity contribution in [3.63, 3.8) is 0 Å². The van der Waals surface area contributed by atoms with E-state index in [1.807, 2.05) is 6.07 Å². The second-order valence-electron chi connectivity index (χ2n) is 7.54. The summed E-state index contributed by atoms with van der Waals surface area (Å²) in [6, 6.07) is 18.0. The van der Waals surface area contributed by atoms with Gasteiger partial charge in [0.1, 0.15) is 18.1 Å². The van der Waals surface area contributed by atoms with E-state index in [0.717, 1.165) is 33.4 Å². The Labute approximate surface area is 185 Å². The molecular weight excluding hydrogens is 408 g/mol. The van der Waals surface area contributed by atoms with Crippen molar-refractivity contribution >= 4 is 22.9 Å². The van der Waals surface area contributed by atoms with Gasteiger partial charge in [0.15, 0.2) is 0 Å². The van der Waals surface area contributed by atoms with Crippen molar-refractivity contribution < 1.29 is 19.2 Å². The molecule has 32 heavy (non-hydrogen) atoms. The standard InChI is InChI=1S/C25H22N2O5/c1-15-4-5-18(12-16(15)2)22-14-31-23-13-20(32-25(28)26-3)10-11-21(23)24(22)17-6-8-19(9-7-17)27(29)30/h4-13H,14H2,1-3H3,(H,26,28). The number of nitrogens with one attached hydrogen (secondary N) is 1. The molecule has 0 unspecified atom stereocenters. The molecule has 0 saturated heterocycles. The summed E-state index contributed by atoms with van der Waals surface area (Å²) in [7, 11) is 1.49. The summed E-state index contributed by atoms with van der Waals surface area (Å²) in [6.45, 7) is 4.43. The predicted molar refractivity (Wildman–Crippen MR) is 122 cm³/mol. The van der Waals surface area contributed by atoms with E-state index in [1.165, 1.54) is 24.7 Å². The first-order valence-corrected chi connectivity index (χ1v) is 10.1. The van der Waals surface area contributed by atoms with Crippen LogP contribution < -0.4 is 14.8 Å². The highest BCUT2D eigenvalue weighted by atomic mass is 16.6. The molecule has 1 heterocycles. The van der Waals surface area contributed by atoms with Gasteiger partial charge in [-0.15, -0.1) is 0 Å². The number of amides is 1. The minimum absolute atomic E-state index is 0.0312. The fourth-order valence-corrected chi connectivity index (χ4v) is 3.67. The molecule has 1 aliphatic rings. The van der Waals surface area contributed by atoms with Crippen molar-refractivity contribution in [3.8, 4) is 11.5 Å². The maximum atomic E-state index is 11.6. The average Bonchev–Trinajstić information content (AvgIpc) is 2.80. The summed E-state index contributed by atoms with van der Waals surface area (Å²) in [5, 5.41) is 13.5. The number of carbonyl (C=O) groups is 1. The van der Waals surface area contributed by atoms with Gasteiger partial charge in [-0.25, -0.2) is 4.79 Å². The second-order valence-corrected chi connectivity index (χ2v) is 7.54. The molecule has 3 aromatic carbocycles. The quantitative estimate of drug-likeness (QED) is 0.449. The zero-order valence-corrected chi connectivity index (χ0v) is 18.0. The fourth-order valence-electron chi connectivity index (χ4n) is 3.67. The van der Waals surface area contributed by atoms with Crippen molar-refractivity contribution in [3.05, 3.63) is 98.6 Å². The van der Waals surface area contributed by atoms with Crippen LogP contribution in [0.15, 0.2) is 60.7 Å². The number of non-ortho nitro benzene ring substituents is 1. The highest BCUT2D eigenvalue weighted by Crippen LogP contribution is 2.43. The lowest BCUT2D eigenvalue weighted by molar-refractivity contribution is -0.384. The zero-order valence-electron chi connectivity index (χ0n) is 18.0. The van der Waals surface area contributed by atoms with Crippen LogP contribution in [-0.2, 0) is 0 Å². The number of nitro groups is 1. The summed E-state index contributed by atoms with van der Waals surface area (Å²) in [4.78, 5) is 22.3. The van der Waals surface area contributed by atoms with E-state index in [2.05, 4.69) is 37.4 Å². The highest BCUT2D eigenvalue weighted by Gasteiger charge is 2.24. The van der Waals surface area contributed by atoms with Crippen LogP contribution in [0.3, 0.4) is 0 Å². The first kappa shape index (κ1) is 21.1.